The number of hydrogen-bond donors (Lipinski definition) is 3. The van der Waals surface area contributed by atoms with Crippen LogP contribution in [0.5, 0.6) is 0 Å². The molecule has 0 heterocycles. The van der Waals surface area contributed by atoms with Crippen LogP contribution in [0.15, 0.2) is 24.3 Å². The van der Waals surface area contributed by atoms with Gasteiger partial charge in [0.05, 0.1) is 6.04 Å². The number of nitrogens with two attached hydrogens (primary N) is 1. The summed E-state index contributed by atoms with van der Waals surface area (Å²) in [6, 6.07) is 7.63. The SMILES string of the molecule is CCC(CC(=O)NC)C(=O)N[C@H](c1cccc(Cl)c1)C1(C)CCC1.NC=O. The fourth-order valence-corrected chi connectivity index (χ4v) is 3.58. The van der Waals surface area contributed by atoms with Gasteiger partial charge >= 0.3 is 0 Å². The second kappa shape index (κ2) is 10.9. The largest absolute Gasteiger partial charge is 0.372 e. The van der Waals surface area contributed by atoms with Crippen molar-refractivity contribution >= 4 is 29.8 Å². The van der Waals surface area contributed by atoms with Crippen molar-refractivity contribution in [2.75, 3.05) is 7.05 Å². The van der Waals surface area contributed by atoms with Crippen LogP contribution < -0.4 is 16.4 Å². The smallest absolute Gasteiger partial charge is 0.224 e. The van der Waals surface area contributed by atoms with E-state index in [1.807, 2.05) is 31.2 Å². The number of carbonyl (C=O) groups excluding carboxylic acids is 3. The van der Waals surface area contributed by atoms with Gasteiger partial charge < -0.3 is 16.4 Å². The number of halogens is 1. The lowest BCUT2D eigenvalue weighted by Gasteiger charge is -2.46. The molecular formula is C20H30ClN3O3. The van der Waals surface area contributed by atoms with E-state index in [2.05, 4.69) is 23.3 Å². The third kappa shape index (κ3) is 6.54. The Hall–Kier alpha value is -2.08. The maximum absolute atomic E-state index is 12.8. The van der Waals surface area contributed by atoms with Crippen LogP contribution in [0.3, 0.4) is 0 Å². The van der Waals surface area contributed by atoms with Crippen LogP contribution in [-0.4, -0.2) is 25.3 Å². The van der Waals surface area contributed by atoms with Crippen LogP contribution in [0.25, 0.3) is 0 Å². The minimum absolute atomic E-state index is 0.0473. The molecule has 1 unspecified atom stereocenters. The van der Waals surface area contributed by atoms with Crippen molar-refractivity contribution in [3.8, 4) is 0 Å². The molecule has 2 rings (SSSR count). The molecule has 6 nitrogen and oxygen atoms in total. The number of nitrogens with one attached hydrogen (secondary N) is 2. The number of benzene rings is 1. The number of primary amides is 1. The first-order chi connectivity index (χ1) is 12.8. The first-order valence-corrected chi connectivity index (χ1v) is 9.60. The van der Waals surface area contributed by atoms with Crippen LogP contribution in [0.1, 0.15) is 57.6 Å². The molecule has 1 aliphatic rings. The lowest BCUT2D eigenvalue weighted by Crippen LogP contribution is -2.45. The maximum Gasteiger partial charge on any atom is 0.224 e. The zero-order valence-electron chi connectivity index (χ0n) is 16.3. The highest BCUT2D eigenvalue weighted by atomic mass is 35.5. The second-order valence-corrected chi connectivity index (χ2v) is 7.56. The van der Waals surface area contributed by atoms with Gasteiger partial charge in [-0.25, -0.2) is 0 Å². The molecular weight excluding hydrogens is 366 g/mol. The molecule has 27 heavy (non-hydrogen) atoms. The van der Waals surface area contributed by atoms with E-state index in [0.29, 0.717) is 11.4 Å². The van der Waals surface area contributed by atoms with Gasteiger partial charge in [0.15, 0.2) is 0 Å². The van der Waals surface area contributed by atoms with Crippen LogP contribution >= 0.6 is 11.6 Å². The summed E-state index contributed by atoms with van der Waals surface area (Å²) < 4.78 is 0. The highest BCUT2D eigenvalue weighted by molar-refractivity contribution is 6.30. The Morgan fingerprint density at radius 2 is 2.00 bits per heavy atom. The molecule has 2 atom stereocenters. The first-order valence-electron chi connectivity index (χ1n) is 9.23. The molecule has 7 heteroatoms. The molecule has 1 fully saturated rings. The Labute approximate surface area is 166 Å². The Bertz CT molecular complexity index is 647. The van der Waals surface area contributed by atoms with E-state index in [4.69, 9.17) is 16.4 Å². The van der Waals surface area contributed by atoms with Crippen LogP contribution in [0.2, 0.25) is 5.02 Å². The van der Waals surface area contributed by atoms with E-state index < -0.39 is 0 Å². The van der Waals surface area contributed by atoms with Gasteiger partial charge in [-0.05, 0) is 42.4 Å². The molecule has 0 aliphatic heterocycles. The Morgan fingerprint density at radius 3 is 2.44 bits per heavy atom. The van der Waals surface area contributed by atoms with Gasteiger partial charge in [0.2, 0.25) is 18.2 Å². The van der Waals surface area contributed by atoms with Gasteiger partial charge in [-0.1, -0.05) is 44.0 Å². The summed E-state index contributed by atoms with van der Waals surface area (Å²) in [6.45, 7) is 4.15. The van der Waals surface area contributed by atoms with Crippen molar-refractivity contribution in [2.24, 2.45) is 17.1 Å². The predicted octanol–water partition coefficient (Wildman–Crippen LogP) is 2.95. The minimum Gasteiger partial charge on any atom is -0.372 e. The molecule has 1 aromatic rings. The third-order valence-corrected chi connectivity index (χ3v) is 5.47. The van der Waals surface area contributed by atoms with Gasteiger partial charge in [0.1, 0.15) is 0 Å². The van der Waals surface area contributed by atoms with Crippen molar-refractivity contribution in [1.82, 2.24) is 10.6 Å². The van der Waals surface area contributed by atoms with Gasteiger partial charge in [-0.15, -0.1) is 0 Å². The van der Waals surface area contributed by atoms with E-state index in [0.717, 1.165) is 18.4 Å². The molecule has 1 aliphatic carbocycles. The van der Waals surface area contributed by atoms with E-state index in [1.165, 1.54) is 6.42 Å². The number of rotatable bonds is 7. The van der Waals surface area contributed by atoms with Crippen molar-refractivity contribution in [1.29, 1.82) is 0 Å². The average molecular weight is 396 g/mol. The highest BCUT2D eigenvalue weighted by Gasteiger charge is 2.42. The van der Waals surface area contributed by atoms with Crippen LogP contribution in [0, 0.1) is 11.3 Å². The Morgan fingerprint density at radius 1 is 1.37 bits per heavy atom. The Balaban J connectivity index is 0.00000114. The standard InChI is InChI=1S/C19H27ClN2O2.CH3NO/c1-4-13(12-16(23)21-3)18(24)22-17(19(2)9-6-10-19)14-7-5-8-15(20)11-14;2-1-3/h5,7-8,11,13,17H,4,6,9-10,12H2,1-3H3,(H,21,23)(H,22,24);1H,(H2,2,3)/t13?,17-;/m1./s1. The normalized spacial score (nSPS) is 16.6. The molecule has 1 saturated carbocycles. The highest BCUT2D eigenvalue weighted by Crippen LogP contribution is 2.50. The summed E-state index contributed by atoms with van der Waals surface area (Å²) in [5.41, 5.74) is 5.25. The predicted molar refractivity (Wildman–Crippen MR) is 107 cm³/mol. The monoisotopic (exact) mass is 395 g/mol. The molecule has 1 aromatic carbocycles. The fraction of sp³-hybridized carbons (Fsp3) is 0.550. The Kier molecular flexibility index (Phi) is 9.29. The molecule has 3 amide bonds. The lowest BCUT2D eigenvalue weighted by atomic mass is 9.63. The zero-order valence-corrected chi connectivity index (χ0v) is 17.0. The first kappa shape index (κ1) is 23.0. The molecule has 0 spiro atoms. The van der Waals surface area contributed by atoms with E-state index in [9.17, 15) is 9.59 Å². The fourth-order valence-electron chi connectivity index (χ4n) is 3.38. The van der Waals surface area contributed by atoms with Crippen molar-refractivity contribution in [3.63, 3.8) is 0 Å². The summed E-state index contributed by atoms with van der Waals surface area (Å²) in [5, 5.41) is 6.47. The molecule has 4 N–H and O–H groups in total. The van der Waals surface area contributed by atoms with Gasteiger partial charge in [0.25, 0.3) is 0 Å². The average Bonchev–Trinajstić information content (AvgIpc) is 2.62. The molecule has 0 radical (unpaired) electrons. The number of hydrogen-bond acceptors (Lipinski definition) is 3. The summed E-state index contributed by atoms with van der Waals surface area (Å²) in [7, 11) is 1.59. The van der Waals surface area contributed by atoms with Gasteiger partial charge in [-0.2, -0.15) is 0 Å². The van der Waals surface area contributed by atoms with E-state index in [1.54, 1.807) is 7.05 Å². The van der Waals surface area contributed by atoms with E-state index >= 15 is 0 Å². The van der Waals surface area contributed by atoms with Crippen LogP contribution in [0.4, 0.5) is 0 Å². The van der Waals surface area contributed by atoms with E-state index in [-0.39, 0.29) is 42.0 Å². The quantitative estimate of drug-likeness (QED) is 0.618. The third-order valence-electron chi connectivity index (χ3n) is 5.24. The summed E-state index contributed by atoms with van der Waals surface area (Å²) in [6.07, 6.45) is 4.45. The second-order valence-electron chi connectivity index (χ2n) is 7.12. The van der Waals surface area contributed by atoms with Gasteiger partial charge in [0, 0.05) is 24.4 Å². The molecule has 0 bridgehead atoms. The maximum atomic E-state index is 12.8. The zero-order chi connectivity index (χ0) is 20.4. The van der Waals surface area contributed by atoms with Crippen molar-refractivity contribution in [3.05, 3.63) is 34.9 Å². The summed E-state index contributed by atoms with van der Waals surface area (Å²) in [5.74, 6) is -0.472. The van der Waals surface area contributed by atoms with Crippen molar-refractivity contribution < 1.29 is 14.4 Å². The summed E-state index contributed by atoms with van der Waals surface area (Å²) >= 11 is 6.15. The topological polar surface area (TPSA) is 101 Å². The summed E-state index contributed by atoms with van der Waals surface area (Å²) in [4.78, 5) is 33.0. The molecule has 0 saturated heterocycles. The van der Waals surface area contributed by atoms with Gasteiger partial charge in [-0.3, -0.25) is 14.4 Å². The molecule has 0 aromatic heterocycles. The molecule has 150 valence electrons. The minimum atomic E-state index is -0.310. The number of carbonyl (C=O) groups is 3. The van der Waals surface area contributed by atoms with Crippen LogP contribution in [-0.2, 0) is 14.4 Å². The number of amides is 3. The van der Waals surface area contributed by atoms with Crippen molar-refractivity contribution in [2.45, 2.75) is 52.0 Å². The lowest BCUT2D eigenvalue weighted by molar-refractivity contribution is -0.131.